The summed E-state index contributed by atoms with van der Waals surface area (Å²) in [6.07, 6.45) is 18.6. The summed E-state index contributed by atoms with van der Waals surface area (Å²) >= 11 is 5.88. The van der Waals surface area contributed by atoms with Crippen LogP contribution in [0.15, 0.2) is 144 Å². The van der Waals surface area contributed by atoms with Gasteiger partial charge in [-0.25, -0.2) is 14.6 Å². The lowest BCUT2D eigenvalue weighted by molar-refractivity contribution is -0.136. The van der Waals surface area contributed by atoms with Crippen LogP contribution in [0.5, 0.6) is 0 Å². The van der Waals surface area contributed by atoms with Gasteiger partial charge in [0.15, 0.2) is 0 Å². The first-order valence-electron chi connectivity index (χ1n) is 33.0. The maximum absolute atomic E-state index is 11.9. The molecule has 4 aliphatic carbocycles. The van der Waals surface area contributed by atoms with Crippen molar-refractivity contribution >= 4 is 71.2 Å². The molecule has 3 fully saturated rings. The number of anilines is 3. The number of hydrogen-bond acceptors (Lipinski definition) is 16. The van der Waals surface area contributed by atoms with Crippen molar-refractivity contribution in [1.82, 2.24) is 34.6 Å². The number of ether oxygens (including phenoxy) is 2. The molecule has 17 heteroatoms. The second-order valence-corrected chi connectivity index (χ2v) is 26.0. The van der Waals surface area contributed by atoms with E-state index in [9.17, 15) is 19.5 Å². The SMILES string of the molecule is CC(C)N1CCN(c2ccc(-c3nccc4c3C=C(C=O)C4)cc2)CC1.CC(C)N1CCN(c2ccc(-c3nccc4c3C=C(CO)C4)cc2)CC1.COC(=O)C1=Cc2c(ccnc2-c2ccc(N3CCN(C(C)C)CC3)cc2)C1.COC(=O)C1=Cc2c(ccnc2Cl)C1. The lowest BCUT2D eigenvalue weighted by Crippen LogP contribution is -2.48. The maximum Gasteiger partial charge on any atom is 0.334 e. The first-order valence-corrected chi connectivity index (χ1v) is 33.4. The van der Waals surface area contributed by atoms with Crippen LogP contribution in [0.4, 0.5) is 17.1 Å². The number of aliphatic hydroxyl groups excluding tert-OH is 1. The highest BCUT2D eigenvalue weighted by Gasteiger charge is 2.27. The predicted octanol–water partition coefficient (Wildman–Crippen LogP) is 11.9. The number of aldehydes is 1. The Labute approximate surface area is 558 Å². The van der Waals surface area contributed by atoms with Gasteiger partial charge in [0.1, 0.15) is 11.4 Å². The number of hydrogen-bond donors (Lipinski definition) is 1. The Kier molecular flexibility index (Phi) is 21.8. The minimum Gasteiger partial charge on any atom is -0.466 e. The molecule has 0 amide bonds. The van der Waals surface area contributed by atoms with Gasteiger partial charge >= 0.3 is 11.9 Å². The van der Waals surface area contributed by atoms with Crippen molar-refractivity contribution in [1.29, 1.82) is 0 Å². The third-order valence-corrected chi connectivity index (χ3v) is 19.4. The number of carbonyl (C=O) groups is 3. The topological polar surface area (TPSA) is 161 Å². The summed E-state index contributed by atoms with van der Waals surface area (Å²) in [5.41, 5.74) is 21.9. The molecule has 7 aliphatic rings. The van der Waals surface area contributed by atoms with Gasteiger partial charge in [0.25, 0.3) is 0 Å². The lowest BCUT2D eigenvalue weighted by Gasteiger charge is -2.38. The Hall–Kier alpha value is -8.64. The van der Waals surface area contributed by atoms with Crippen LogP contribution in [0, 0.1) is 0 Å². The highest BCUT2D eigenvalue weighted by molar-refractivity contribution is 6.31. The summed E-state index contributed by atoms with van der Waals surface area (Å²) in [7, 11) is 2.79. The van der Waals surface area contributed by atoms with Crippen LogP contribution in [-0.2, 0) is 49.5 Å². The number of benzene rings is 3. The molecule has 0 atom stereocenters. The largest absolute Gasteiger partial charge is 0.466 e. The molecule has 4 aromatic heterocycles. The first kappa shape index (κ1) is 66.8. The molecule has 0 saturated carbocycles. The summed E-state index contributed by atoms with van der Waals surface area (Å²) < 4.78 is 9.51. The molecule has 1 N–H and O–H groups in total. The van der Waals surface area contributed by atoms with E-state index in [0.29, 0.717) is 53.7 Å². The van der Waals surface area contributed by atoms with Crippen LogP contribution in [-0.4, -0.2) is 175 Å². The number of carbonyl (C=O) groups excluding carboxylic acids is 3. The Morgan fingerprint density at radius 3 is 1.13 bits per heavy atom. The number of nitrogens with zero attached hydrogens (tertiary/aromatic N) is 10. The third-order valence-electron chi connectivity index (χ3n) is 19.1. The second kappa shape index (κ2) is 30.6. The van der Waals surface area contributed by atoms with Gasteiger partial charge in [-0.3, -0.25) is 34.4 Å². The average molecular weight is 1280 g/mol. The molecule has 0 spiro atoms. The lowest BCUT2D eigenvalue weighted by atomic mass is 10.0. The molecule has 0 unspecified atom stereocenters. The molecule has 488 valence electrons. The Bertz CT molecular complexity index is 3970. The van der Waals surface area contributed by atoms with E-state index in [0.717, 1.165) is 170 Å². The van der Waals surface area contributed by atoms with E-state index in [2.05, 4.69) is 181 Å². The van der Waals surface area contributed by atoms with E-state index < -0.39 is 0 Å². The fourth-order valence-corrected chi connectivity index (χ4v) is 13.7. The molecule has 3 aliphatic heterocycles. The highest BCUT2D eigenvalue weighted by atomic mass is 35.5. The summed E-state index contributed by atoms with van der Waals surface area (Å²) in [6.45, 7) is 26.8. The Morgan fingerprint density at radius 1 is 0.447 bits per heavy atom. The fraction of sp³-hybridized carbons (Fsp3) is 0.364. The zero-order valence-electron chi connectivity index (χ0n) is 55.5. The molecule has 3 aromatic carbocycles. The molecular formula is C77H87ClN10O6. The van der Waals surface area contributed by atoms with Crippen molar-refractivity contribution in [3.8, 4) is 33.8 Å². The van der Waals surface area contributed by atoms with Crippen LogP contribution in [0.2, 0.25) is 5.15 Å². The van der Waals surface area contributed by atoms with Crippen LogP contribution >= 0.6 is 11.6 Å². The first-order chi connectivity index (χ1) is 45.6. The summed E-state index contributed by atoms with van der Waals surface area (Å²) in [5.74, 6) is -0.574. The smallest absolute Gasteiger partial charge is 0.334 e. The molecule has 16 nitrogen and oxygen atoms in total. The summed E-state index contributed by atoms with van der Waals surface area (Å²) in [4.78, 5) is 66.9. The van der Waals surface area contributed by atoms with E-state index in [1.54, 1.807) is 12.3 Å². The zero-order chi connectivity index (χ0) is 66.0. The minimum atomic E-state index is -0.308. The van der Waals surface area contributed by atoms with Crippen LogP contribution in [0.25, 0.3) is 58.1 Å². The number of fused-ring (bicyclic) bond motifs is 4. The van der Waals surface area contributed by atoms with E-state index in [1.807, 2.05) is 48.9 Å². The van der Waals surface area contributed by atoms with Gasteiger partial charge < -0.3 is 29.3 Å². The molecular weight excluding hydrogens is 1200 g/mol. The molecule has 0 radical (unpaired) electrons. The molecule has 0 bridgehead atoms. The number of piperazine rings is 3. The summed E-state index contributed by atoms with van der Waals surface area (Å²) in [5, 5.41) is 9.87. The molecule has 3 saturated heterocycles. The second-order valence-electron chi connectivity index (χ2n) is 25.7. The molecule has 14 rings (SSSR count). The van der Waals surface area contributed by atoms with Crippen LogP contribution in [0.1, 0.15) is 86.1 Å². The molecule has 7 heterocycles. The standard InChI is InChI=1S/C23H27N3O2.C22H27N3O.C22H25N3O.C10H8ClNO2/c1-16(2)25-10-12-26(13-11-25)20-6-4-17(5-7-20)22-21-15-19(23(27)28-3)14-18(21)8-9-24-22;2*1-16(2)24-9-11-25(12-10-24)20-5-3-18(4-6-20)22-21-14-17(15-26)13-19(21)7-8-23-22;1-14-10(13)7-4-6-2-3-12-9(11)8(6)5-7/h4-9,15-16H,10-14H2,1-3H3;3-8,14,16,26H,9-13,15H2,1-2H3;3-8,14-16H,9-13H2,1-2H3;2-3,5H,4H2,1H3. The maximum atomic E-state index is 11.9. The quantitative estimate of drug-likeness (QED) is 0.0659. The fourth-order valence-electron chi connectivity index (χ4n) is 13.5. The normalized spacial score (nSPS) is 16.7. The predicted molar refractivity (Wildman–Crippen MR) is 379 cm³/mol. The molecule has 7 aromatic rings. The third kappa shape index (κ3) is 15.4. The van der Waals surface area contributed by atoms with Crippen LogP contribution < -0.4 is 14.7 Å². The van der Waals surface area contributed by atoms with Gasteiger partial charge in [0.05, 0.1) is 37.9 Å². The van der Waals surface area contributed by atoms with Gasteiger partial charge in [-0.15, -0.1) is 0 Å². The van der Waals surface area contributed by atoms with Crippen molar-refractivity contribution < 1.29 is 29.0 Å². The van der Waals surface area contributed by atoms with Crippen LogP contribution in [0.3, 0.4) is 0 Å². The number of rotatable bonds is 13. The number of aromatic nitrogens is 4. The van der Waals surface area contributed by atoms with E-state index in [1.165, 1.54) is 42.4 Å². The number of halogens is 1. The Morgan fingerprint density at radius 2 is 0.777 bits per heavy atom. The number of pyridine rings is 4. The number of esters is 2. The minimum absolute atomic E-state index is 0.120. The van der Waals surface area contributed by atoms with E-state index in [-0.39, 0.29) is 18.5 Å². The van der Waals surface area contributed by atoms with Crippen molar-refractivity contribution in [2.75, 3.05) is 114 Å². The highest BCUT2D eigenvalue weighted by Crippen LogP contribution is 2.37. The molecule has 94 heavy (non-hydrogen) atoms. The van der Waals surface area contributed by atoms with Gasteiger partial charge in [-0.2, -0.15) is 0 Å². The summed E-state index contributed by atoms with van der Waals surface area (Å²) in [6, 6.07) is 35.9. The van der Waals surface area contributed by atoms with Crippen molar-refractivity contribution in [2.24, 2.45) is 0 Å². The van der Waals surface area contributed by atoms with Crippen molar-refractivity contribution in [3.63, 3.8) is 0 Å². The van der Waals surface area contributed by atoms with Gasteiger partial charge in [-0.05, 0) is 160 Å². The van der Waals surface area contributed by atoms with Crippen molar-refractivity contribution in [3.05, 3.63) is 194 Å². The Balaban J connectivity index is 0.000000131. The monoisotopic (exact) mass is 1280 g/mol. The van der Waals surface area contributed by atoms with Crippen molar-refractivity contribution in [2.45, 2.75) is 85.4 Å². The average Bonchev–Trinajstić information content (AvgIpc) is 1.58. The van der Waals surface area contributed by atoms with Gasteiger partial charge in [0, 0.05) is 208 Å². The van der Waals surface area contributed by atoms with E-state index >= 15 is 0 Å². The van der Waals surface area contributed by atoms with Gasteiger partial charge in [0.2, 0.25) is 0 Å². The number of allylic oxidation sites excluding steroid dienone is 1. The number of methoxy groups -OCH3 is 2. The van der Waals surface area contributed by atoms with Gasteiger partial charge in [-0.1, -0.05) is 54.1 Å². The number of aliphatic hydroxyl groups is 1. The zero-order valence-corrected chi connectivity index (χ0v) is 56.3. The van der Waals surface area contributed by atoms with E-state index in [4.69, 9.17) is 16.3 Å².